The fourth-order valence-corrected chi connectivity index (χ4v) is 2.96. The molecule has 7 heteroatoms. The zero-order valence-electron chi connectivity index (χ0n) is 13.2. The van der Waals surface area contributed by atoms with Crippen LogP contribution in [-0.4, -0.2) is 33.7 Å². The molecule has 1 saturated heterocycles. The van der Waals surface area contributed by atoms with Gasteiger partial charge in [-0.25, -0.2) is 0 Å². The molecule has 1 aromatic heterocycles. The van der Waals surface area contributed by atoms with E-state index in [0.29, 0.717) is 18.2 Å². The van der Waals surface area contributed by atoms with Gasteiger partial charge < -0.3 is 4.90 Å². The van der Waals surface area contributed by atoms with Crippen LogP contribution in [0.5, 0.6) is 0 Å². The van der Waals surface area contributed by atoms with Gasteiger partial charge in [0.15, 0.2) is 5.69 Å². The number of rotatable bonds is 3. The third-order valence-electron chi connectivity index (χ3n) is 4.58. The topological polar surface area (TPSA) is 38.1 Å². The van der Waals surface area contributed by atoms with Gasteiger partial charge in [0.1, 0.15) is 0 Å². The number of hydrogen-bond acceptors (Lipinski definition) is 2. The van der Waals surface area contributed by atoms with Crippen LogP contribution in [0.25, 0.3) is 0 Å². The minimum absolute atomic E-state index is 0.0896. The van der Waals surface area contributed by atoms with Crippen LogP contribution < -0.4 is 0 Å². The molecule has 0 radical (unpaired) electrons. The molecule has 0 aliphatic carbocycles. The molecule has 1 aromatic rings. The molecule has 1 fully saturated rings. The average molecular weight is 317 g/mol. The van der Waals surface area contributed by atoms with Gasteiger partial charge in [0.2, 0.25) is 5.91 Å². The highest BCUT2D eigenvalue weighted by Gasteiger charge is 2.37. The van der Waals surface area contributed by atoms with Crippen LogP contribution in [0.3, 0.4) is 0 Å². The number of piperidine rings is 1. The van der Waals surface area contributed by atoms with E-state index in [0.717, 1.165) is 32.4 Å². The lowest BCUT2D eigenvalue weighted by Crippen LogP contribution is -2.37. The summed E-state index contributed by atoms with van der Waals surface area (Å²) in [6.45, 7) is 6.68. The van der Waals surface area contributed by atoms with Crippen molar-refractivity contribution in [2.45, 2.75) is 52.8 Å². The fraction of sp³-hybridized carbons (Fsp3) is 0.733. The minimum Gasteiger partial charge on any atom is -0.343 e. The van der Waals surface area contributed by atoms with Crippen molar-refractivity contribution in [2.75, 3.05) is 13.1 Å². The summed E-state index contributed by atoms with van der Waals surface area (Å²) in [6.07, 6.45) is -1.78. The first-order valence-corrected chi connectivity index (χ1v) is 7.57. The van der Waals surface area contributed by atoms with Crippen molar-refractivity contribution in [3.63, 3.8) is 0 Å². The molecule has 0 bridgehead atoms. The van der Waals surface area contributed by atoms with Crippen molar-refractivity contribution in [3.05, 3.63) is 17.0 Å². The number of hydrogen-bond donors (Lipinski definition) is 0. The van der Waals surface area contributed by atoms with E-state index in [1.54, 1.807) is 13.8 Å². The summed E-state index contributed by atoms with van der Waals surface area (Å²) in [4.78, 5) is 13.1. The zero-order valence-corrected chi connectivity index (χ0v) is 13.2. The molecule has 0 unspecified atom stereocenters. The summed E-state index contributed by atoms with van der Waals surface area (Å²) in [6, 6.07) is 0. The van der Waals surface area contributed by atoms with Gasteiger partial charge in [0.05, 0.1) is 0 Å². The molecule has 1 amide bonds. The SMILES string of the molecule is CC(=O)N1CCC(CCn2nc(C(F)(F)F)c(C)c2C)CC1. The molecular formula is C15H22F3N3O. The van der Waals surface area contributed by atoms with Gasteiger partial charge in [-0.3, -0.25) is 9.48 Å². The molecule has 0 spiro atoms. The lowest BCUT2D eigenvalue weighted by atomic mass is 9.93. The second-order valence-corrected chi connectivity index (χ2v) is 6.02. The summed E-state index contributed by atoms with van der Waals surface area (Å²) < 4.78 is 40.0. The summed E-state index contributed by atoms with van der Waals surface area (Å²) in [5, 5.41) is 3.74. The molecule has 0 saturated carbocycles. The van der Waals surface area contributed by atoms with E-state index in [1.807, 2.05) is 4.90 Å². The van der Waals surface area contributed by atoms with Crippen molar-refractivity contribution in [3.8, 4) is 0 Å². The van der Waals surface area contributed by atoms with E-state index in [9.17, 15) is 18.0 Å². The number of nitrogens with zero attached hydrogens (tertiary/aromatic N) is 3. The van der Waals surface area contributed by atoms with Gasteiger partial charge >= 0.3 is 6.18 Å². The van der Waals surface area contributed by atoms with Crippen LogP contribution in [0.15, 0.2) is 0 Å². The van der Waals surface area contributed by atoms with Crippen molar-refractivity contribution in [2.24, 2.45) is 5.92 Å². The third kappa shape index (κ3) is 3.62. The quantitative estimate of drug-likeness (QED) is 0.859. The molecular weight excluding hydrogens is 295 g/mol. The Hall–Kier alpha value is -1.53. The van der Waals surface area contributed by atoms with Gasteiger partial charge in [-0.15, -0.1) is 0 Å². The molecule has 124 valence electrons. The van der Waals surface area contributed by atoms with Gasteiger partial charge in [0.25, 0.3) is 0 Å². The maximum absolute atomic E-state index is 12.8. The normalized spacial score (nSPS) is 17.1. The number of aryl methyl sites for hydroxylation is 1. The first-order chi connectivity index (χ1) is 10.2. The Morgan fingerprint density at radius 3 is 2.32 bits per heavy atom. The molecule has 0 N–H and O–H groups in total. The molecule has 2 rings (SSSR count). The Morgan fingerprint density at radius 1 is 1.27 bits per heavy atom. The predicted molar refractivity (Wildman–Crippen MR) is 76.3 cm³/mol. The summed E-state index contributed by atoms with van der Waals surface area (Å²) in [7, 11) is 0. The van der Waals surface area contributed by atoms with Crippen molar-refractivity contribution >= 4 is 5.91 Å². The highest BCUT2D eigenvalue weighted by atomic mass is 19.4. The average Bonchev–Trinajstić information content (AvgIpc) is 2.73. The molecule has 0 aromatic carbocycles. The number of amides is 1. The predicted octanol–water partition coefficient (Wildman–Crippen LogP) is 3.17. The Labute approximate surface area is 128 Å². The Balaban J connectivity index is 1.94. The zero-order chi connectivity index (χ0) is 16.5. The van der Waals surface area contributed by atoms with E-state index in [2.05, 4.69) is 5.10 Å². The van der Waals surface area contributed by atoms with E-state index >= 15 is 0 Å². The molecule has 1 aliphatic rings. The standard InChI is InChI=1S/C15H22F3N3O/c1-10-11(2)21(19-14(10)15(16,17)18)9-6-13-4-7-20(8-5-13)12(3)22/h13H,4-9H2,1-3H3. The van der Waals surface area contributed by atoms with Gasteiger partial charge in [0, 0.05) is 37.8 Å². The van der Waals surface area contributed by atoms with E-state index < -0.39 is 11.9 Å². The Morgan fingerprint density at radius 2 is 1.86 bits per heavy atom. The Bertz CT molecular complexity index is 543. The van der Waals surface area contributed by atoms with Crippen LogP contribution >= 0.6 is 0 Å². The fourth-order valence-electron chi connectivity index (χ4n) is 2.96. The molecule has 1 aliphatic heterocycles. The Kier molecular flexibility index (Phi) is 4.82. The van der Waals surface area contributed by atoms with Gasteiger partial charge in [-0.2, -0.15) is 18.3 Å². The first-order valence-electron chi connectivity index (χ1n) is 7.57. The van der Waals surface area contributed by atoms with E-state index in [4.69, 9.17) is 0 Å². The lowest BCUT2D eigenvalue weighted by Gasteiger charge is -2.31. The number of alkyl halides is 3. The van der Waals surface area contributed by atoms with Crippen LogP contribution in [0.4, 0.5) is 13.2 Å². The number of halogens is 3. The van der Waals surface area contributed by atoms with Crippen molar-refractivity contribution < 1.29 is 18.0 Å². The summed E-state index contributed by atoms with van der Waals surface area (Å²) >= 11 is 0. The molecule has 22 heavy (non-hydrogen) atoms. The first kappa shape index (κ1) is 16.8. The smallest absolute Gasteiger partial charge is 0.343 e. The van der Waals surface area contributed by atoms with Gasteiger partial charge in [-0.05, 0) is 39.0 Å². The van der Waals surface area contributed by atoms with Crippen molar-refractivity contribution in [1.29, 1.82) is 0 Å². The maximum Gasteiger partial charge on any atom is 0.435 e. The molecule has 0 atom stereocenters. The second-order valence-electron chi connectivity index (χ2n) is 6.02. The lowest BCUT2D eigenvalue weighted by molar-refractivity contribution is -0.142. The molecule has 4 nitrogen and oxygen atoms in total. The summed E-state index contributed by atoms with van der Waals surface area (Å²) in [5.74, 6) is 0.528. The van der Waals surface area contributed by atoms with Crippen molar-refractivity contribution in [1.82, 2.24) is 14.7 Å². The third-order valence-corrected chi connectivity index (χ3v) is 4.58. The largest absolute Gasteiger partial charge is 0.435 e. The number of carbonyl (C=O) groups is 1. The maximum atomic E-state index is 12.8. The van der Waals surface area contributed by atoms with E-state index in [-0.39, 0.29) is 11.5 Å². The van der Waals surface area contributed by atoms with Crippen LogP contribution in [0, 0.1) is 19.8 Å². The number of likely N-dealkylation sites (tertiary alicyclic amines) is 1. The number of carbonyl (C=O) groups excluding carboxylic acids is 1. The highest BCUT2D eigenvalue weighted by Crippen LogP contribution is 2.32. The van der Waals surface area contributed by atoms with Gasteiger partial charge in [-0.1, -0.05) is 0 Å². The van der Waals surface area contributed by atoms with Crippen LogP contribution in [0.1, 0.15) is 43.1 Å². The van der Waals surface area contributed by atoms with Crippen LogP contribution in [0.2, 0.25) is 0 Å². The van der Waals surface area contributed by atoms with Crippen LogP contribution in [-0.2, 0) is 17.5 Å². The summed E-state index contributed by atoms with van der Waals surface area (Å²) in [5.41, 5.74) is 0.00351. The second kappa shape index (κ2) is 6.30. The number of aromatic nitrogens is 2. The molecule has 2 heterocycles. The van der Waals surface area contributed by atoms with E-state index in [1.165, 1.54) is 11.6 Å². The monoisotopic (exact) mass is 317 g/mol. The highest BCUT2D eigenvalue weighted by molar-refractivity contribution is 5.73. The minimum atomic E-state index is -4.40.